The zero-order valence-electron chi connectivity index (χ0n) is 9.36. The van der Waals surface area contributed by atoms with Crippen molar-refractivity contribution in [2.75, 3.05) is 5.32 Å². The Morgan fingerprint density at radius 3 is 2.53 bits per heavy atom. The van der Waals surface area contributed by atoms with Crippen molar-refractivity contribution in [3.05, 3.63) is 65.5 Å². The minimum Gasteiger partial charge on any atom is -0.392 e. The van der Waals surface area contributed by atoms with Gasteiger partial charge in [0, 0.05) is 12.2 Å². The third-order valence-electron chi connectivity index (χ3n) is 2.50. The maximum absolute atomic E-state index is 13.0. The zero-order valence-corrected chi connectivity index (χ0v) is 9.36. The fourth-order valence-electron chi connectivity index (χ4n) is 1.63. The van der Waals surface area contributed by atoms with Crippen LogP contribution < -0.4 is 5.32 Å². The Balaban J connectivity index is 2.02. The standard InChI is InChI=1S/C14H14FNO/c15-13-5-1-3-11(7-13)9-16-14-6-2-4-12(8-14)10-17/h1-8,16-17H,9-10H2. The lowest BCUT2D eigenvalue weighted by Crippen LogP contribution is -2.00. The van der Waals surface area contributed by atoms with E-state index in [4.69, 9.17) is 5.11 Å². The van der Waals surface area contributed by atoms with E-state index in [1.54, 1.807) is 6.07 Å². The van der Waals surface area contributed by atoms with Crippen molar-refractivity contribution in [1.82, 2.24) is 0 Å². The molecule has 2 aromatic carbocycles. The first kappa shape index (κ1) is 11.6. The Bertz CT molecular complexity index is 499. The highest BCUT2D eigenvalue weighted by Gasteiger charge is 1.97. The summed E-state index contributed by atoms with van der Waals surface area (Å²) in [6.07, 6.45) is 0. The highest BCUT2D eigenvalue weighted by atomic mass is 19.1. The molecule has 88 valence electrons. The number of aliphatic hydroxyl groups is 1. The molecule has 0 unspecified atom stereocenters. The van der Waals surface area contributed by atoms with Gasteiger partial charge in [0.1, 0.15) is 5.82 Å². The molecule has 0 heterocycles. The van der Waals surface area contributed by atoms with E-state index in [1.807, 2.05) is 30.3 Å². The molecule has 0 aliphatic heterocycles. The molecule has 2 rings (SSSR count). The van der Waals surface area contributed by atoms with E-state index in [9.17, 15) is 4.39 Å². The summed E-state index contributed by atoms with van der Waals surface area (Å²) in [7, 11) is 0. The molecule has 0 bridgehead atoms. The van der Waals surface area contributed by atoms with E-state index >= 15 is 0 Å². The predicted molar refractivity (Wildman–Crippen MR) is 66.1 cm³/mol. The van der Waals surface area contributed by atoms with Crippen molar-refractivity contribution in [3.8, 4) is 0 Å². The quantitative estimate of drug-likeness (QED) is 0.848. The SMILES string of the molecule is OCc1cccc(NCc2cccc(F)c2)c1. The number of hydrogen-bond acceptors (Lipinski definition) is 2. The van der Waals surface area contributed by atoms with Crippen molar-refractivity contribution < 1.29 is 9.50 Å². The van der Waals surface area contributed by atoms with E-state index in [2.05, 4.69) is 5.32 Å². The molecule has 0 fully saturated rings. The number of halogens is 1. The fourth-order valence-corrected chi connectivity index (χ4v) is 1.63. The summed E-state index contributed by atoms with van der Waals surface area (Å²) in [6.45, 7) is 0.585. The first-order valence-electron chi connectivity index (χ1n) is 5.46. The third-order valence-corrected chi connectivity index (χ3v) is 2.50. The van der Waals surface area contributed by atoms with Crippen LogP contribution in [0.2, 0.25) is 0 Å². The molecule has 0 atom stereocenters. The third kappa shape index (κ3) is 3.29. The second-order valence-electron chi connectivity index (χ2n) is 3.84. The van der Waals surface area contributed by atoms with Gasteiger partial charge in [-0.05, 0) is 35.4 Å². The van der Waals surface area contributed by atoms with Crippen molar-refractivity contribution in [3.63, 3.8) is 0 Å². The number of hydrogen-bond donors (Lipinski definition) is 2. The van der Waals surface area contributed by atoms with E-state index < -0.39 is 0 Å². The average Bonchev–Trinajstić information content (AvgIpc) is 2.37. The molecular weight excluding hydrogens is 217 g/mol. The number of rotatable bonds is 4. The van der Waals surface area contributed by atoms with Crippen LogP contribution in [-0.4, -0.2) is 5.11 Å². The number of nitrogens with one attached hydrogen (secondary N) is 1. The zero-order chi connectivity index (χ0) is 12.1. The van der Waals surface area contributed by atoms with Gasteiger partial charge in [0.2, 0.25) is 0 Å². The van der Waals surface area contributed by atoms with E-state index in [1.165, 1.54) is 12.1 Å². The summed E-state index contributed by atoms with van der Waals surface area (Å²) in [5.74, 6) is -0.228. The van der Waals surface area contributed by atoms with Crippen LogP contribution >= 0.6 is 0 Å². The molecule has 2 N–H and O–H groups in total. The molecule has 2 nitrogen and oxygen atoms in total. The van der Waals surface area contributed by atoms with Gasteiger partial charge in [-0.15, -0.1) is 0 Å². The first-order valence-corrected chi connectivity index (χ1v) is 5.46. The topological polar surface area (TPSA) is 32.3 Å². The van der Waals surface area contributed by atoms with Crippen LogP contribution in [0.1, 0.15) is 11.1 Å². The monoisotopic (exact) mass is 231 g/mol. The minimum absolute atomic E-state index is 0.0233. The molecule has 2 aromatic rings. The molecule has 0 aromatic heterocycles. The number of aliphatic hydroxyl groups excluding tert-OH is 1. The van der Waals surface area contributed by atoms with Crippen molar-refractivity contribution in [2.45, 2.75) is 13.2 Å². The lowest BCUT2D eigenvalue weighted by atomic mass is 10.2. The second kappa shape index (κ2) is 5.46. The van der Waals surface area contributed by atoms with Gasteiger partial charge in [0.15, 0.2) is 0 Å². The van der Waals surface area contributed by atoms with Crippen molar-refractivity contribution >= 4 is 5.69 Å². The molecule has 0 aliphatic carbocycles. The fraction of sp³-hybridized carbons (Fsp3) is 0.143. The molecular formula is C14H14FNO. The van der Waals surface area contributed by atoms with E-state index in [-0.39, 0.29) is 12.4 Å². The van der Waals surface area contributed by atoms with E-state index in [0.29, 0.717) is 6.54 Å². The number of benzene rings is 2. The lowest BCUT2D eigenvalue weighted by molar-refractivity contribution is 0.282. The van der Waals surface area contributed by atoms with Gasteiger partial charge >= 0.3 is 0 Å². The average molecular weight is 231 g/mol. The van der Waals surface area contributed by atoms with Gasteiger partial charge in [-0.2, -0.15) is 0 Å². The van der Waals surface area contributed by atoms with Crippen LogP contribution in [0.15, 0.2) is 48.5 Å². The summed E-state index contributed by atoms with van der Waals surface area (Å²) in [6, 6.07) is 14.0. The maximum Gasteiger partial charge on any atom is 0.123 e. The molecule has 0 spiro atoms. The molecule has 0 amide bonds. The molecule has 3 heteroatoms. The Kier molecular flexibility index (Phi) is 3.73. The summed E-state index contributed by atoms with van der Waals surface area (Å²) < 4.78 is 13.0. The van der Waals surface area contributed by atoms with Crippen LogP contribution in [0.25, 0.3) is 0 Å². The van der Waals surface area contributed by atoms with Crippen LogP contribution in [0.3, 0.4) is 0 Å². The highest BCUT2D eigenvalue weighted by Crippen LogP contribution is 2.12. The van der Waals surface area contributed by atoms with Crippen molar-refractivity contribution in [1.29, 1.82) is 0 Å². The van der Waals surface area contributed by atoms with Crippen LogP contribution in [0.5, 0.6) is 0 Å². The first-order chi connectivity index (χ1) is 8.28. The van der Waals surface area contributed by atoms with Crippen molar-refractivity contribution in [2.24, 2.45) is 0 Å². The largest absolute Gasteiger partial charge is 0.392 e. The summed E-state index contributed by atoms with van der Waals surface area (Å²) >= 11 is 0. The van der Waals surface area contributed by atoms with Gasteiger partial charge in [-0.3, -0.25) is 0 Å². The maximum atomic E-state index is 13.0. The van der Waals surface area contributed by atoms with Crippen LogP contribution in [-0.2, 0) is 13.2 Å². The predicted octanol–water partition coefficient (Wildman–Crippen LogP) is 2.93. The summed E-state index contributed by atoms with van der Waals surface area (Å²) in [5, 5.41) is 12.2. The van der Waals surface area contributed by atoms with E-state index in [0.717, 1.165) is 16.8 Å². The molecule has 0 saturated carbocycles. The Morgan fingerprint density at radius 1 is 1.00 bits per heavy atom. The lowest BCUT2D eigenvalue weighted by Gasteiger charge is -2.07. The summed E-state index contributed by atoms with van der Waals surface area (Å²) in [5.41, 5.74) is 2.66. The number of anilines is 1. The Morgan fingerprint density at radius 2 is 1.76 bits per heavy atom. The molecule has 0 saturated heterocycles. The van der Waals surface area contributed by atoms with Gasteiger partial charge in [0.25, 0.3) is 0 Å². The Hall–Kier alpha value is -1.87. The van der Waals surface area contributed by atoms with Gasteiger partial charge in [-0.25, -0.2) is 4.39 Å². The normalized spacial score (nSPS) is 10.2. The van der Waals surface area contributed by atoms with Gasteiger partial charge in [0.05, 0.1) is 6.61 Å². The highest BCUT2D eigenvalue weighted by molar-refractivity contribution is 5.46. The minimum atomic E-state index is -0.228. The molecule has 0 aliphatic rings. The van der Waals surface area contributed by atoms with Crippen LogP contribution in [0.4, 0.5) is 10.1 Å². The van der Waals surface area contributed by atoms with Gasteiger partial charge in [-0.1, -0.05) is 24.3 Å². The van der Waals surface area contributed by atoms with Crippen LogP contribution in [0, 0.1) is 5.82 Å². The second-order valence-corrected chi connectivity index (χ2v) is 3.84. The molecule has 0 radical (unpaired) electrons. The smallest absolute Gasteiger partial charge is 0.123 e. The summed E-state index contributed by atoms with van der Waals surface area (Å²) in [4.78, 5) is 0. The molecule has 17 heavy (non-hydrogen) atoms. The van der Waals surface area contributed by atoms with Gasteiger partial charge < -0.3 is 10.4 Å². The Labute approximate surface area is 99.7 Å².